The van der Waals surface area contributed by atoms with Gasteiger partial charge >= 0.3 is 6.03 Å². The van der Waals surface area contributed by atoms with Crippen LogP contribution in [-0.4, -0.2) is 29.3 Å². The average Bonchev–Trinajstić information content (AvgIpc) is 2.86. The Balaban J connectivity index is 2.09. The Labute approximate surface area is 139 Å². The molecule has 2 aromatic carbocycles. The number of nitrogens with zero attached hydrogens (tertiary/aromatic N) is 1. The number of urea groups is 1. The van der Waals surface area contributed by atoms with Crippen LogP contribution >= 0.6 is 0 Å². The van der Waals surface area contributed by atoms with Crippen LogP contribution in [0.4, 0.5) is 4.79 Å². The van der Waals surface area contributed by atoms with Gasteiger partial charge in [-0.25, -0.2) is 4.79 Å². The number of hydrogen-bond acceptors (Lipinski definition) is 3. The van der Waals surface area contributed by atoms with Crippen molar-refractivity contribution in [1.82, 2.24) is 10.2 Å². The summed E-state index contributed by atoms with van der Waals surface area (Å²) in [7, 11) is 0. The van der Waals surface area contributed by atoms with Crippen molar-refractivity contribution in [2.45, 2.75) is 12.0 Å². The predicted molar refractivity (Wildman–Crippen MR) is 87.7 cm³/mol. The second kappa shape index (κ2) is 6.16. The van der Waals surface area contributed by atoms with Crippen LogP contribution < -0.4 is 11.1 Å². The minimum absolute atomic E-state index is 0.0403. The highest BCUT2D eigenvalue weighted by Gasteiger charge is 2.53. The van der Waals surface area contributed by atoms with Gasteiger partial charge in [-0.15, -0.1) is 0 Å². The first-order valence-electron chi connectivity index (χ1n) is 7.59. The Bertz CT molecular complexity index is 735. The third-order valence-corrected chi connectivity index (χ3v) is 4.10. The summed E-state index contributed by atoms with van der Waals surface area (Å²) in [5, 5.41) is 2.81. The molecule has 3 rings (SSSR count). The lowest BCUT2D eigenvalue weighted by molar-refractivity contribution is -0.130. The van der Waals surface area contributed by atoms with E-state index in [0.29, 0.717) is 11.1 Å². The van der Waals surface area contributed by atoms with Gasteiger partial charge in [0.15, 0.2) is 5.54 Å². The first-order valence-corrected chi connectivity index (χ1v) is 7.59. The molecule has 0 atom stereocenters. The number of rotatable bonds is 5. The first kappa shape index (κ1) is 15.7. The van der Waals surface area contributed by atoms with E-state index in [9.17, 15) is 14.4 Å². The van der Waals surface area contributed by atoms with Crippen molar-refractivity contribution in [2.24, 2.45) is 5.73 Å². The van der Waals surface area contributed by atoms with Crippen LogP contribution in [0.25, 0.3) is 0 Å². The number of carbonyl (C=O) groups excluding carboxylic acids is 3. The van der Waals surface area contributed by atoms with Crippen LogP contribution in [0.15, 0.2) is 60.7 Å². The van der Waals surface area contributed by atoms with Gasteiger partial charge < -0.3 is 11.1 Å². The number of nitrogens with two attached hydrogens (primary N) is 1. The monoisotopic (exact) mass is 323 g/mol. The summed E-state index contributed by atoms with van der Waals surface area (Å²) in [6.45, 7) is -0.0403. The number of nitrogens with one attached hydrogen (secondary N) is 1. The maximum Gasteiger partial charge on any atom is 0.325 e. The molecular weight excluding hydrogens is 306 g/mol. The highest BCUT2D eigenvalue weighted by atomic mass is 16.2. The Kier molecular flexibility index (Phi) is 4.04. The standard InChI is InChI=1S/C18H17N3O3/c19-15(22)11-12-21-16(23)18(20-17(21)24,13-7-3-1-4-8-13)14-9-5-2-6-10-14/h1-10H,11-12H2,(H2,19,22)(H,20,24). The summed E-state index contributed by atoms with van der Waals surface area (Å²) in [6, 6.07) is 17.6. The van der Waals surface area contributed by atoms with E-state index in [4.69, 9.17) is 5.73 Å². The van der Waals surface area contributed by atoms with Gasteiger partial charge in [0.05, 0.1) is 0 Å². The summed E-state index contributed by atoms with van der Waals surface area (Å²) in [5.74, 6) is -0.973. The molecule has 1 aliphatic rings. The van der Waals surface area contributed by atoms with Crippen LogP contribution in [0.2, 0.25) is 0 Å². The number of imide groups is 1. The molecule has 3 N–H and O–H groups in total. The van der Waals surface area contributed by atoms with E-state index >= 15 is 0 Å². The molecule has 6 heteroatoms. The van der Waals surface area contributed by atoms with Crippen LogP contribution in [0.3, 0.4) is 0 Å². The van der Waals surface area contributed by atoms with Crippen LogP contribution in [0.5, 0.6) is 0 Å². The Morgan fingerprint density at radius 3 is 1.92 bits per heavy atom. The zero-order valence-electron chi connectivity index (χ0n) is 12.9. The van der Waals surface area contributed by atoms with E-state index in [-0.39, 0.29) is 13.0 Å². The number of benzene rings is 2. The van der Waals surface area contributed by atoms with E-state index < -0.39 is 23.4 Å². The van der Waals surface area contributed by atoms with Gasteiger partial charge in [-0.05, 0) is 11.1 Å². The number of hydrogen-bond donors (Lipinski definition) is 2. The minimum Gasteiger partial charge on any atom is -0.370 e. The van der Waals surface area contributed by atoms with Gasteiger partial charge in [-0.1, -0.05) is 60.7 Å². The predicted octanol–water partition coefficient (Wildman–Crippen LogP) is 1.36. The van der Waals surface area contributed by atoms with Gasteiger partial charge in [0.25, 0.3) is 5.91 Å². The fourth-order valence-electron chi connectivity index (χ4n) is 2.94. The second-order valence-corrected chi connectivity index (χ2v) is 5.59. The summed E-state index contributed by atoms with van der Waals surface area (Å²) >= 11 is 0. The normalized spacial score (nSPS) is 16.1. The lowest BCUT2D eigenvalue weighted by Crippen LogP contribution is -2.45. The van der Waals surface area contributed by atoms with E-state index in [1.54, 1.807) is 24.3 Å². The Morgan fingerprint density at radius 1 is 0.958 bits per heavy atom. The molecule has 1 aliphatic heterocycles. The van der Waals surface area contributed by atoms with Crippen molar-refractivity contribution in [1.29, 1.82) is 0 Å². The summed E-state index contributed by atoms with van der Waals surface area (Å²) in [5.41, 5.74) is 5.17. The molecule has 1 heterocycles. The quantitative estimate of drug-likeness (QED) is 0.814. The van der Waals surface area contributed by atoms with Gasteiger partial charge in [0.2, 0.25) is 5.91 Å². The van der Waals surface area contributed by atoms with Crippen LogP contribution in [0, 0.1) is 0 Å². The fourth-order valence-corrected chi connectivity index (χ4v) is 2.94. The molecule has 2 aromatic rings. The first-order chi connectivity index (χ1) is 11.6. The molecule has 0 saturated carbocycles. The van der Waals surface area contributed by atoms with Crippen molar-refractivity contribution >= 4 is 17.8 Å². The maximum atomic E-state index is 13.1. The molecule has 1 fully saturated rings. The van der Waals surface area contributed by atoms with Crippen molar-refractivity contribution < 1.29 is 14.4 Å². The number of amides is 4. The molecule has 24 heavy (non-hydrogen) atoms. The van der Waals surface area contributed by atoms with Gasteiger partial charge in [-0.3, -0.25) is 14.5 Å². The molecule has 6 nitrogen and oxygen atoms in total. The van der Waals surface area contributed by atoms with E-state index in [1.165, 1.54) is 0 Å². The molecule has 0 aliphatic carbocycles. The van der Waals surface area contributed by atoms with Crippen molar-refractivity contribution in [3.05, 3.63) is 71.8 Å². The fraction of sp³-hybridized carbons (Fsp3) is 0.167. The van der Waals surface area contributed by atoms with Gasteiger partial charge in [0.1, 0.15) is 0 Å². The van der Waals surface area contributed by atoms with E-state index in [2.05, 4.69) is 5.32 Å². The lowest BCUT2D eigenvalue weighted by Gasteiger charge is -2.28. The molecule has 0 spiro atoms. The third kappa shape index (κ3) is 2.52. The van der Waals surface area contributed by atoms with Crippen LogP contribution in [-0.2, 0) is 15.1 Å². The SMILES string of the molecule is NC(=O)CCN1C(=O)NC(c2ccccc2)(c2ccccc2)C1=O. The molecule has 0 bridgehead atoms. The maximum absolute atomic E-state index is 13.1. The molecule has 0 aromatic heterocycles. The zero-order valence-corrected chi connectivity index (χ0v) is 12.9. The smallest absolute Gasteiger partial charge is 0.325 e. The average molecular weight is 323 g/mol. The van der Waals surface area contributed by atoms with Crippen LogP contribution in [0.1, 0.15) is 17.5 Å². The van der Waals surface area contributed by atoms with Crippen molar-refractivity contribution in [3.63, 3.8) is 0 Å². The van der Waals surface area contributed by atoms with E-state index in [1.807, 2.05) is 36.4 Å². The highest BCUT2D eigenvalue weighted by molar-refractivity contribution is 6.09. The number of carbonyl (C=O) groups is 3. The second-order valence-electron chi connectivity index (χ2n) is 5.59. The Hall–Kier alpha value is -3.15. The van der Waals surface area contributed by atoms with Crippen molar-refractivity contribution in [3.8, 4) is 0 Å². The molecular formula is C18H17N3O3. The minimum atomic E-state index is -1.29. The largest absolute Gasteiger partial charge is 0.370 e. The molecule has 0 unspecified atom stereocenters. The third-order valence-electron chi connectivity index (χ3n) is 4.10. The highest BCUT2D eigenvalue weighted by Crippen LogP contribution is 2.35. The molecule has 0 radical (unpaired) electrons. The summed E-state index contributed by atoms with van der Waals surface area (Å²) < 4.78 is 0. The molecule has 4 amide bonds. The van der Waals surface area contributed by atoms with Gasteiger partial charge in [0, 0.05) is 13.0 Å². The molecule has 122 valence electrons. The van der Waals surface area contributed by atoms with Crippen molar-refractivity contribution in [2.75, 3.05) is 6.54 Å². The topological polar surface area (TPSA) is 92.5 Å². The lowest BCUT2D eigenvalue weighted by atomic mass is 9.82. The summed E-state index contributed by atoms with van der Waals surface area (Å²) in [4.78, 5) is 37.6. The summed E-state index contributed by atoms with van der Waals surface area (Å²) in [6.07, 6.45) is -0.0706. The molecule has 1 saturated heterocycles. The zero-order chi connectivity index (χ0) is 17.2. The van der Waals surface area contributed by atoms with E-state index in [0.717, 1.165) is 4.90 Å². The van der Waals surface area contributed by atoms with Gasteiger partial charge in [-0.2, -0.15) is 0 Å². The Morgan fingerprint density at radius 2 is 1.46 bits per heavy atom. The number of primary amides is 1.